The molecule has 0 bridgehead atoms. The molecule has 0 aliphatic heterocycles. The summed E-state index contributed by atoms with van der Waals surface area (Å²) < 4.78 is 5.07. The lowest BCUT2D eigenvalue weighted by molar-refractivity contribution is 0.135. The van der Waals surface area contributed by atoms with E-state index >= 15 is 0 Å². The summed E-state index contributed by atoms with van der Waals surface area (Å²) in [6, 6.07) is 9.57. The predicted molar refractivity (Wildman–Crippen MR) is 71.9 cm³/mol. The van der Waals surface area contributed by atoms with Crippen LogP contribution in [0.2, 0.25) is 0 Å². The number of unbranched alkanes of at least 4 members (excludes halogenated alkanes) is 2. The summed E-state index contributed by atoms with van der Waals surface area (Å²) in [6.07, 6.45) is 3.31. The van der Waals surface area contributed by atoms with E-state index in [9.17, 15) is 4.79 Å². The highest BCUT2D eigenvalue weighted by Gasteiger charge is 2.08. The molecule has 100 valence electrons. The average molecular weight is 250 g/mol. The standard InChI is InChI=1S/C14H22N2O2/c1-2-3-5-10-13(15)16-14(17)18-11-12-8-6-4-7-9-12/h4,6-9,13H,2-3,5,10-11,15H2,1H3,(H,16,17). The molecule has 4 nitrogen and oxygen atoms in total. The third-order valence-electron chi connectivity index (χ3n) is 2.63. The minimum Gasteiger partial charge on any atom is -0.445 e. The van der Waals surface area contributed by atoms with Gasteiger partial charge in [-0.05, 0) is 12.0 Å². The number of carbonyl (C=O) groups is 1. The summed E-state index contributed by atoms with van der Waals surface area (Å²) in [5, 5.41) is 2.63. The zero-order valence-corrected chi connectivity index (χ0v) is 10.9. The molecule has 3 N–H and O–H groups in total. The molecule has 4 heteroatoms. The second-order valence-corrected chi connectivity index (χ2v) is 4.31. The molecule has 1 rings (SSSR count). The normalized spacial score (nSPS) is 11.9. The largest absolute Gasteiger partial charge is 0.445 e. The topological polar surface area (TPSA) is 64.3 Å². The Bertz CT molecular complexity index is 341. The third kappa shape index (κ3) is 6.25. The number of hydrogen-bond acceptors (Lipinski definition) is 3. The van der Waals surface area contributed by atoms with Gasteiger partial charge in [0.15, 0.2) is 0 Å². The fraction of sp³-hybridized carbons (Fsp3) is 0.500. The first-order chi connectivity index (χ1) is 8.72. The number of nitrogens with two attached hydrogens (primary N) is 1. The Labute approximate surface area is 109 Å². The fourth-order valence-corrected chi connectivity index (χ4v) is 1.60. The van der Waals surface area contributed by atoms with Gasteiger partial charge in [-0.25, -0.2) is 4.79 Å². The zero-order chi connectivity index (χ0) is 13.2. The van der Waals surface area contributed by atoms with Gasteiger partial charge in [-0.15, -0.1) is 0 Å². The van der Waals surface area contributed by atoms with Crippen LogP contribution in [0.25, 0.3) is 0 Å². The number of hydrogen-bond donors (Lipinski definition) is 2. The maximum Gasteiger partial charge on any atom is 0.408 e. The van der Waals surface area contributed by atoms with Gasteiger partial charge >= 0.3 is 6.09 Å². The van der Waals surface area contributed by atoms with Gasteiger partial charge in [-0.3, -0.25) is 0 Å². The van der Waals surface area contributed by atoms with Gasteiger partial charge < -0.3 is 15.8 Å². The molecule has 0 aliphatic rings. The number of ether oxygens (including phenoxy) is 1. The van der Waals surface area contributed by atoms with E-state index in [2.05, 4.69) is 12.2 Å². The van der Waals surface area contributed by atoms with Gasteiger partial charge in [0.25, 0.3) is 0 Å². The maximum absolute atomic E-state index is 11.4. The summed E-state index contributed by atoms with van der Waals surface area (Å²) in [7, 11) is 0. The monoisotopic (exact) mass is 250 g/mol. The van der Waals surface area contributed by atoms with E-state index in [-0.39, 0.29) is 12.8 Å². The highest BCUT2D eigenvalue weighted by Crippen LogP contribution is 2.02. The second-order valence-electron chi connectivity index (χ2n) is 4.31. The van der Waals surface area contributed by atoms with Crippen LogP contribution >= 0.6 is 0 Å². The van der Waals surface area contributed by atoms with Crippen LogP contribution in [0.5, 0.6) is 0 Å². The summed E-state index contributed by atoms with van der Waals surface area (Å²) in [4.78, 5) is 11.4. The highest BCUT2D eigenvalue weighted by molar-refractivity contribution is 5.67. The van der Waals surface area contributed by atoms with Crippen LogP contribution in [-0.4, -0.2) is 12.3 Å². The highest BCUT2D eigenvalue weighted by atomic mass is 16.5. The molecule has 0 saturated heterocycles. The van der Waals surface area contributed by atoms with E-state index in [0.29, 0.717) is 0 Å². The second kappa shape index (κ2) is 8.53. The lowest BCUT2D eigenvalue weighted by Gasteiger charge is -2.13. The number of benzene rings is 1. The van der Waals surface area contributed by atoms with Crippen molar-refractivity contribution in [2.45, 2.75) is 45.4 Å². The molecule has 0 saturated carbocycles. The van der Waals surface area contributed by atoms with Crippen molar-refractivity contribution >= 4 is 6.09 Å². The van der Waals surface area contributed by atoms with Gasteiger partial charge in [-0.1, -0.05) is 56.5 Å². The molecule has 1 amide bonds. The van der Waals surface area contributed by atoms with Crippen molar-refractivity contribution < 1.29 is 9.53 Å². The van der Waals surface area contributed by atoms with Gasteiger partial charge in [0.2, 0.25) is 0 Å². The molecule has 0 aliphatic carbocycles. The molecule has 0 aromatic heterocycles. The smallest absolute Gasteiger partial charge is 0.408 e. The van der Waals surface area contributed by atoms with Crippen molar-refractivity contribution in [1.29, 1.82) is 0 Å². The van der Waals surface area contributed by atoms with E-state index in [0.717, 1.165) is 31.2 Å². The molecular weight excluding hydrogens is 228 g/mol. The summed E-state index contributed by atoms with van der Waals surface area (Å²) in [6.45, 7) is 2.40. The first-order valence-electron chi connectivity index (χ1n) is 6.45. The number of amides is 1. The maximum atomic E-state index is 11.4. The molecule has 0 fully saturated rings. The van der Waals surface area contributed by atoms with Crippen molar-refractivity contribution in [3.8, 4) is 0 Å². The molecule has 0 heterocycles. The summed E-state index contributed by atoms with van der Waals surface area (Å²) >= 11 is 0. The molecule has 1 aromatic carbocycles. The first-order valence-corrected chi connectivity index (χ1v) is 6.45. The molecule has 1 atom stereocenters. The van der Waals surface area contributed by atoms with Gasteiger partial charge in [0.05, 0.1) is 6.17 Å². The quantitative estimate of drug-likeness (QED) is 0.577. The van der Waals surface area contributed by atoms with E-state index in [4.69, 9.17) is 10.5 Å². The Morgan fingerprint density at radius 2 is 2.06 bits per heavy atom. The van der Waals surface area contributed by atoms with Crippen LogP contribution in [0.15, 0.2) is 30.3 Å². The van der Waals surface area contributed by atoms with Gasteiger partial charge in [0, 0.05) is 0 Å². The number of rotatable bonds is 7. The Kier molecular flexibility index (Phi) is 6.87. The minimum absolute atomic E-state index is 0.272. The number of alkyl carbamates (subject to hydrolysis) is 1. The Morgan fingerprint density at radius 1 is 1.33 bits per heavy atom. The van der Waals surface area contributed by atoms with Crippen molar-refractivity contribution in [2.24, 2.45) is 5.73 Å². The lowest BCUT2D eigenvalue weighted by atomic mass is 10.2. The molecule has 0 spiro atoms. The SMILES string of the molecule is CCCCCC(N)NC(=O)OCc1ccccc1. The summed E-state index contributed by atoms with van der Waals surface area (Å²) in [5.41, 5.74) is 6.74. The van der Waals surface area contributed by atoms with E-state index in [1.54, 1.807) is 0 Å². The van der Waals surface area contributed by atoms with E-state index in [1.807, 2.05) is 30.3 Å². The van der Waals surface area contributed by atoms with Crippen LogP contribution in [0.1, 0.15) is 38.2 Å². The molecule has 1 unspecified atom stereocenters. The van der Waals surface area contributed by atoms with Crippen molar-refractivity contribution in [2.75, 3.05) is 0 Å². The predicted octanol–water partition coefficient (Wildman–Crippen LogP) is 2.78. The molecule has 0 radical (unpaired) electrons. The molecule has 18 heavy (non-hydrogen) atoms. The summed E-state index contributed by atoms with van der Waals surface area (Å²) in [5.74, 6) is 0. The Balaban J connectivity index is 2.17. The number of carbonyl (C=O) groups excluding carboxylic acids is 1. The average Bonchev–Trinajstić information content (AvgIpc) is 2.38. The van der Waals surface area contributed by atoms with E-state index in [1.165, 1.54) is 0 Å². The Morgan fingerprint density at radius 3 is 2.72 bits per heavy atom. The van der Waals surface area contributed by atoms with Crippen molar-refractivity contribution in [3.05, 3.63) is 35.9 Å². The van der Waals surface area contributed by atoms with Crippen LogP contribution in [-0.2, 0) is 11.3 Å². The van der Waals surface area contributed by atoms with Gasteiger partial charge in [0.1, 0.15) is 6.61 Å². The molecule has 1 aromatic rings. The minimum atomic E-state index is -0.456. The number of nitrogens with one attached hydrogen (secondary N) is 1. The van der Waals surface area contributed by atoms with Crippen molar-refractivity contribution in [3.63, 3.8) is 0 Å². The van der Waals surface area contributed by atoms with E-state index < -0.39 is 6.09 Å². The zero-order valence-electron chi connectivity index (χ0n) is 10.9. The van der Waals surface area contributed by atoms with Crippen LogP contribution < -0.4 is 11.1 Å². The van der Waals surface area contributed by atoms with Crippen LogP contribution in [0, 0.1) is 0 Å². The van der Waals surface area contributed by atoms with Crippen LogP contribution in [0.4, 0.5) is 4.79 Å². The fourth-order valence-electron chi connectivity index (χ4n) is 1.60. The lowest BCUT2D eigenvalue weighted by Crippen LogP contribution is -2.41. The van der Waals surface area contributed by atoms with Crippen LogP contribution in [0.3, 0.4) is 0 Å². The Hall–Kier alpha value is -1.55. The third-order valence-corrected chi connectivity index (χ3v) is 2.63. The first kappa shape index (κ1) is 14.5. The molecular formula is C14H22N2O2. The van der Waals surface area contributed by atoms with Crippen molar-refractivity contribution in [1.82, 2.24) is 5.32 Å². The van der Waals surface area contributed by atoms with Gasteiger partial charge in [-0.2, -0.15) is 0 Å².